The van der Waals surface area contributed by atoms with Gasteiger partial charge in [0.1, 0.15) is 6.54 Å². The highest BCUT2D eigenvalue weighted by Gasteiger charge is 2.19. The molecule has 0 spiro atoms. The summed E-state index contributed by atoms with van der Waals surface area (Å²) >= 11 is 1.67. The van der Waals surface area contributed by atoms with Crippen LogP contribution in [0.3, 0.4) is 0 Å². The van der Waals surface area contributed by atoms with Crippen LogP contribution in [0.25, 0.3) is 0 Å². The molecule has 24 heavy (non-hydrogen) atoms. The van der Waals surface area contributed by atoms with Crippen molar-refractivity contribution in [1.29, 1.82) is 0 Å². The van der Waals surface area contributed by atoms with Gasteiger partial charge in [0.15, 0.2) is 16.9 Å². The van der Waals surface area contributed by atoms with Crippen molar-refractivity contribution < 1.29 is 4.52 Å². The standard InChI is InChI=1S/C15H22N6OS.HI/c1-11(2)13-9-12(22-19-13)10-18-14(16)20-4-6-21(7-5-20)15-17-3-8-23-15;/h3,8-9,11H,4-7,10H2,1-2H3,(H2,16,18);1H. The van der Waals surface area contributed by atoms with Crippen LogP contribution in [-0.2, 0) is 6.54 Å². The molecule has 7 nitrogen and oxygen atoms in total. The zero-order chi connectivity index (χ0) is 16.2. The Morgan fingerprint density at radius 3 is 2.71 bits per heavy atom. The van der Waals surface area contributed by atoms with Crippen LogP contribution in [0, 0.1) is 0 Å². The summed E-state index contributed by atoms with van der Waals surface area (Å²) in [5.41, 5.74) is 7.06. The third-order valence-corrected chi connectivity index (χ3v) is 4.69. The highest BCUT2D eigenvalue weighted by atomic mass is 127. The van der Waals surface area contributed by atoms with Gasteiger partial charge < -0.3 is 20.1 Å². The third-order valence-electron chi connectivity index (χ3n) is 3.86. The van der Waals surface area contributed by atoms with Crippen molar-refractivity contribution in [3.63, 3.8) is 0 Å². The van der Waals surface area contributed by atoms with E-state index in [1.54, 1.807) is 11.3 Å². The Bertz CT molecular complexity index is 649. The van der Waals surface area contributed by atoms with E-state index in [-0.39, 0.29) is 24.0 Å². The largest absolute Gasteiger partial charge is 0.370 e. The molecule has 2 N–H and O–H groups in total. The topological polar surface area (TPSA) is 83.8 Å². The molecule has 0 radical (unpaired) electrons. The van der Waals surface area contributed by atoms with Crippen molar-refractivity contribution in [2.24, 2.45) is 10.7 Å². The number of hydrogen-bond acceptors (Lipinski definition) is 6. The van der Waals surface area contributed by atoms with Crippen molar-refractivity contribution in [2.45, 2.75) is 26.3 Å². The van der Waals surface area contributed by atoms with Crippen LogP contribution >= 0.6 is 35.3 Å². The van der Waals surface area contributed by atoms with Gasteiger partial charge in [-0.25, -0.2) is 9.98 Å². The van der Waals surface area contributed by atoms with Gasteiger partial charge in [-0.3, -0.25) is 0 Å². The van der Waals surface area contributed by atoms with Gasteiger partial charge in [0.2, 0.25) is 0 Å². The van der Waals surface area contributed by atoms with Crippen molar-refractivity contribution in [3.8, 4) is 0 Å². The fraction of sp³-hybridized carbons (Fsp3) is 0.533. The predicted octanol–water partition coefficient (Wildman–Crippen LogP) is 2.51. The zero-order valence-corrected chi connectivity index (χ0v) is 17.0. The molecule has 0 aliphatic carbocycles. The number of aliphatic imine (C=N–C) groups is 1. The van der Waals surface area contributed by atoms with Crippen LogP contribution in [-0.4, -0.2) is 47.2 Å². The first-order valence-corrected chi connectivity index (χ1v) is 8.66. The minimum absolute atomic E-state index is 0. The lowest BCUT2D eigenvalue weighted by molar-refractivity contribution is 0.368. The normalized spacial score (nSPS) is 15.7. The van der Waals surface area contributed by atoms with E-state index in [4.69, 9.17) is 10.3 Å². The van der Waals surface area contributed by atoms with Gasteiger partial charge in [0.05, 0.1) is 5.69 Å². The summed E-state index contributed by atoms with van der Waals surface area (Å²) in [5.74, 6) is 1.66. The summed E-state index contributed by atoms with van der Waals surface area (Å²) < 4.78 is 5.28. The Labute approximate surface area is 162 Å². The molecule has 1 aliphatic heterocycles. The van der Waals surface area contributed by atoms with Crippen LogP contribution in [0.2, 0.25) is 0 Å². The summed E-state index contributed by atoms with van der Waals surface area (Å²) in [6, 6.07) is 1.95. The van der Waals surface area contributed by atoms with Gasteiger partial charge in [-0.2, -0.15) is 0 Å². The molecular formula is C15H23IN6OS. The van der Waals surface area contributed by atoms with Crippen LogP contribution in [0.5, 0.6) is 0 Å². The van der Waals surface area contributed by atoms with E-state index < -0.39 is 0 Å². The van der Waals surface area contributed by atoms with E-state index in [0.29, 0.717) is 18.4 Å². The molecule has 0 saturated carbocycles. The number of aromatic nitrogens is 2. The molecule has 2 aromatic heterocycles. The number of anilines is 1. The minimum Gasteiger partial charge on any atom is -0.370 e. The molecule has 1 saturated heterocycles. The lowest BCUT2D eigenvalue weighted by Gasteiger charge is -2.35. The summed E-state index contributed by atoms with van der Waals surface area (Å²) in [7, 11) is 0. The zero-order valence-electron chi connectivity index (χ0n) is 13.9. The van der Waals surface area contributed by atoms with E-state index in [2.05, 4.69) is 38.8 Å². The first-order valence-electron chi connectivity index (χ1n) is 7.78. The quantitative estimate of drug-likeness (QED) is 0.427. The number of nitrogens with zero attached hydrogens (tertiary/aromatic N) is 5. The van der Waals surface area contributed by atoms with Crippen molar-refractivity contribution in [2.75, 3.05) is 31.1 Å². The summed E-state index contributed by atoms with van der Waals surface area (Å²) in [4.78, 5) is 13.2. The smallest absolute Gasteiger partial charge is 0.191 e. The fourth-order valence-corrected chi connectivity index (χ4v) is 3.13. The highest BCUT2D eigenvalue weighted by Crippen LogP contribution is 2.19. The van der Waals surface area contributed by atoms with E-state index in [0.717, 1.165) is 42.8 Å². The molecule has 9 heteroatoms. The second kappa shape index (κ2) is 8.65. The predicted molar refractivity (Wildman–Crippen MR) is 107 cm³/mol. The molecule has 1 aliphatic rings. The molecule has 0 amide bonds. The average molecular weight is 462 g/mol. The molecule has 1 fully saturated rings. The van der Waals surface area contributed by atoms with Gasteiger partial charge in [-0.15, -0.1) is 35.3 Å². The minimum atomic E-state index is 0. The first kappa shape index (κ1) is 19.0. The van der Waals surface area contributed by atoms with Crippen LogP contribution in [0.15, 0.2) is 27.2 Å². The second-order valence-electron chi connectivity index (χ2n) is 5.84. The van der Waals surface area contributed by atoms with Crippen LogP contribution in [0.4, 0.5) is 5.13 Å². The molecule has 0 aromatic carbocycles. The Balaban J connectivity index is 0.00000208. The summed E-state index contributed by atoms with van der Waals surface area (Å²) in [5, 5.41) is 7.11. The molecule has 132 valence electrons. The summed E-state index contributed by atoms with van der Waals surface area (Å²) in [6.07, 6.45) is 1.84. The van der Waals surface area contributed by atoms with Gasteiger partial charge >= 0.3 is 0 Å². The van der Waals surface area contributed by atoms with E-state index in [9.17, 15) is 0 Å². The molecule has 0 unspecified atom stereocenters. The maximum atomic E-state index is 6.11. The van der Waals surface area contributed by atoms with E-state index in [1.807, 2.05) is 17.6 Å². The van der Waals surface area contributed by atoms with Gasteiger partial charge in [-0.05, 0) is 5.92 Å². The van der Waals surface area contributed by atoms with Crippen LogP contribution < -0.4 is 10.6 Å². The maximum Gasteiger partial charge on any atom is 0.191 e. The molecule has 2 aromatic rings. The highest BCUT2D eigenvalue weighted by molar-refractivity contribution is 14.0. The second-order valence-corrected chi connectivity index (χ2v) is 6.71. The molecule has 3 heterocycles. The number of thiazole rings is 1. The van der Waals surface area contributed by atoms with Crippen molar-refractivity contribution >= 4 is 46.4 Å². The molecule has 3 rings (SSSR count). The van der Waals surface area contributed by atoms with E-state index in [1.165, 1.54) is 0 Å². The maximum absolute atomic E-state index is 6.11. The van der Waals surface area contributed by atoms with Crippen molar-refractivity contribution in [3.05, 3.63) is 29.1 Å². The van der Waals surface area contributed by atoms with Gasteiger partial charge in [0, 0.05) is 43.8 Å². The van der Waals surface area contributed by atoms with Crippen molar-refractivity contribution in [1.82, 2.24) is 15.0 Å². The number of hydrogen-bond donors (Lipinski definition) is 1. The number of guanidine groups is 1. The fourth-order valence-electron chi connectivity index (χ4n) is 2.43. The number of piperazine rings is 1. The molecule has 0 bridgehead atoms. The lowest BCUT2D eigenvalue weighted by Crippen LogP contribution is -2.51. The number of nitrogens with two attached hydrogens (primary N) is 1. The number of rotatable bonds is 4. The monoisotopic (exact) mass is 462 g/mol. The Hall–Kier alpha value is -1.36. The Kier molecular flexibility index (Phi) is 6.84. The number of halogens is 1. The summed E-state index contributed by atoms with van der Waals surface area (Å²) in [6.45, 7) is 8.11. The average Bonchev–Trinajstić information content (AvgIpc) is 3.24. The SMILES string of the molecule is CC(C)c1cc(CN=C(N)N2CCN(c3nccs3)CC2)on1.I. The lowest BCUT2D eigenvalue weighted by atomic mass is 10.1. The third kappa shape index (κ3) is 4.59. The van der Waals surface area contributed by atoms with Gasteiger partial charge in [-0.1, -0.05) is 19.0 Å². The van der Waals surface area contributed by atoms with Gasteiger partial charge in [0.25, 0.3) is 0 Å². The molecular weight excluding hydrogens is 439 g/mol. The van der Waals surface area contributed by atoms with E-state index >= 15 is 0 Å². The first-order chi connectivity index (χ1) is 11.1. The Morgan fingerprint density at radius 2 is 2.12 bits per heavy atom. The van der Waals surface area contributed by atoms with Crippen LogP contribution in [0.1, 0.15) is 31.2 Å². The molecule has 0 atom stereocenters. The Morgan fingerprint density at radius 1 is 1.38 bits per heavy atom.